The fourth-order valence-electron chi connectivity index (χ4n) is 2.24. The van der Waals surface area contributed by atoms with E-state index in [1.165, 1.54) is 4.90 Å². The lowest BCUT2D eigenvalue weighted by atomic mass is 10.0. The normalized spacial score (nSPS) is 10.7. The van der Waals surface area contributed by atoms with Crippen molar-refractivity contribution < 1.29 is 14.5 Å². The van der Waals surface area contributed by atoms with Crippen molar-refractivity contribution >= 4 is 17.5 Å². The van der Waals surface area contributed by atoms with Crippen molar-refractivity contribution in [1.29, 1.82) is 0 Å². The third kappa shape index (κ3) is 5.19. The van der Waals surface area contributed by atoms with Gasteiger partial charge in [0.25, 0.3) is 5.91 Å². The molecular formula is C16H26N3O2+. The molecule has 0 atom stereocenters. The Morgan fingerprint density at radius 3 is 2.43 bits per heavy atom. The van der Waals surface area contributed by atoms with E-state index in [9.17, 15) is 9.59 Å². The summed E-state index contributed by atoms with van der Waals surface area (Å²) in [6, 6.07) is 5.22. The second-order valence-corrected chi connectivity index (χ2v) is 5.10. The van der Waals surface area contributed by atoms with Gasteiger partial charge >= 0.3 is 0 Å². The monoisotopic (exact) mass is 292 g/mol. The molecule has 1 aromatic rings. The molecule has 0 aromatic heterocycles. The number of nitrogen functional groups attached to an aromatic ring is 1. The van der Waals surface area contributed by atoms with E-state index < -0.39 is 0 Å². The van der Waals surface area contributed by atoms with E-state index in [0.717, 1.165) is 31.6 Å². The van der Waals surface area contributed by atoms with Gasteiger partial charge < -0.3 is 10.6 Å². The minimum absolute atomic E-state index is 0.267. The van der Waals surface area contributed by atoms with Crippen LogP contribution >= 0.6 is 0 Å². The van der Waals surface area contributed by atoms with Crippen LogP contribution in [0, 0.1) is 0 Å². The molecule has 1 rings (SSSR count). The minimum atomic E-state index is -0.341. The molecule has 0 saturated heterocycles. The van der Waals surface area contributed by atoms with Crippen LogP contribution in [0.2, 0.25) is 0 Å². The second kappa shape index (κ2) is 8.42. The number of hydrogen-bond acceptors (Lipinski definition) is 3. The smallest absolute Gasteiger partial charge is 0.258 e. The van der Waals surface area contributed by atoms with Gasteiger partial charge in [0.15, 0.2) is 0 Å². The highest BCUT2D eigenvalue weighted by molar-refractivity contribution is 6.05. The topological polar surface area (TPSA) is 76.6 Å². The molecule has 0 fully saturated rings. The van der Waals surface area contributed by atoms with Crippen LogP contribution in [-0.2, 0) is 11.2 Å². The van der Waals surface area contributed by atoms with Gasteiger partial charge in [0.05, 0.1) is 19.6 Å². The van der Waals surface area contributed by atoms with Gasteiger partial charge in [0, 0.05) is 24.1 Å². The maximum atomic E-state index is 12.2. The molecule has 5 heteroatoms. The lowest BCUT2D eigenvalue weighted by molar-refractivity contribution is -0.896. The van der Waals surface area contributed by atoms with Crippen LogP contribution in [0.25, 0.3) is 0 Å². The van der Waals surface area contributed by atoms with E-state index >= 15 is 0 Å². The van der Waals surface area contributed by atoms with Crippen LogP contribution in [0.4, 0.5) is 5.69 Å². The Morgan fingerprint density at radius 2 is 1.86 bits per heavy atom. The van der Waals surface area contributed by atoms with Gasteiger partial charge in [0.2, 0.25) is 5.91 Å². The number of nitrogens with two attached hydrogens (primary N) is 1. The molecule has 0 saturated carbocycles. The molecule has 0 spiro atoms. The summed E-state index contributed by atoms with van der Waals surface area (Å²) in [5, 5.41) is 2.40. The van der Waals surface area contributed by atoms with Gasteiger partial charge in [-0.1, -0.05) is 6.92 Å². The number of amides is 2. The van der Waals surface area contributed by atoms with E-state index in [1.807, 2.05) is 6.07 Å². The number of quaternary nitrogens is 1. The molecular weight excluding hydrogens is 266 g/mol. The van der Waals surface area contributed by atoms with Crippen molar-refractivity contribution in [2.24, 2.45) is 0 Å². The number of rotatable bonds is 7. The Kier molecular flexibility index (Phi) is 6.88. The number of imide groups is 1. The summed E-state index contributed by atoms with van der Waals surface area (Å²) in [6.07, 6.45) is 1.06. The van der Waals surface area contributed by atoms with Crippen molar-refractivity contribution in [3.63, 3.8) is 0 Å². The molecule has 0 unspecified atom stereocenters. The summed E-state index contributed by atoms with van der Waals surface area (Å²) >= 11 is 0. The molecule has 5 nitrogen and oxygen atoms in total. The summed E-state index contributed by atoms with van der Waals surface area (Å²) in [5.41, 5.74) is 7.90. The van der Waals surface area contributed by atoms with Gasteiger partial charge in [-0.3, -0.25) is 14.9 Å². The van der Waals surface area contributed by atoms with Gasteiger partial charge in [-0.2, -0.15) is 0 Å². The van der Waals surface area contributed by atoms with Crippen molar-refractivity contribution in [3.8, 4) is 0 Å². The van der Waals surface area contributed by atoms with Gasteiger partial charge in [-0.25, -0.2) is 0 Å². The van der Waals surface area contributed by atoms with Crippen molar-refractivity contribution in [2.75, 3.05) is 25.4 Å². The van der Waals surface area contributed by atoms with Crippen molar-refractivity contribution in [3.05, 3.63) is 29.3 Å². The maximum absolute atomic E-state index is 12.2. The van der Waals surface area contributed by atoms with E-state index in [2.05, 4.69) is 19.2 Å². The highest BCUT2D eigenvalue weighted by Crippen LogP contribution is 2.14. The standard InChI is InChI=1S/C16H25N3O2/c1-4-15(20)18-16(21)14-8-7-13(17)11-12(14)9-10-19(5-2)6-3/h7-8,11H,4-6,9-10,17H2,1-3H3,(H,18,20,21)/p+1. The second-order valence-electron chi connectivity index (χ2n) is 5.10. The SMILES string of the molecule is CCC(=O)NC(=O)c1ccc(N)cc1CC[NH+](CC)CC. The molecule has 0 aliphatic heterocycles. The first-order valence-corrected chi connectivity index (χ1v) is 7.57. The summed E-state index contributed by atoms with van der Waals surface area (Å²) in [5.74, 6) is -0.608. The Bertz CT molecular complexity index is 496. The number of nitrogens with one attached hydrogen (secondary N) is 2. The molecule has 116 valence electrons. The van der Waals surface area contributed by atoms with Gasteiger partial charge in [-0.15, -0.1) is 0 Å². The molecule has 0 heterocycles. The molecule has 21 heavy (non-hydrogen) atoms. The maximum Gasteiger partial charge on any atom is 0.258 e. The summed E-state index contributed by atoms with van der Waals surface area (Å²) in [6.45, 7) is 9.05. The number of hydrogen-bond donors (Lipinski definition) is 3. The first kappa shape index (κ1) is 17.2. The highest BCUT2D eigenvalue weighted by Gasteiger charge is 2.15. The van der Waals surface area contributed by atoms with E-state index in [4.69, 9.17) is 5.73 Å². The Morgan fingerprint density at radius 1 is 1.19 bits per heavy atom. The zero-order valence-corrected chi connectivity index (χ0v) is 13.2. The number of anilines is 1. The molecule has 4 N–H and O–H groups in total. The van der Waals surface area contributed by atoms with E-state index in [0.29, 0.717) is 17.7 Å². The van der Waals surface area contributed by atoms with Crippen molar-refractivity contribution in [2.45, 2.75) is 33.6 Å². The Labute approximate surface area is 126 Å². The Balaban J connectivity index is 2.89. The van der Waals surface area contributed by atoms with Crippen LogP contribution in [0.3, 0.4) is 0 Å². The van der Waals surface area contributed by atoms with Gasteiger partial charge in [0.1, 0.15) is 0 Å². The quantitative estimate of drug-likeness (QED) is 0.637. The van der Waals surface area contributed by atoms with Crippen molar-refractivity contribution in [1.82, 2.24) is 5.32 Å². The van der Waals surface area contributed by atoms with E-state index in [1.54, 1.807) is 19.1 Å². The zero-order chi connectivity index (χ0) is 15.8. The number of carbonyl (C=O) groups is 2. The molecule has 1 aromatic carbocycles. The van der Waals surface area contributed by atoms with Crippen LogP contribution in [0.1, 0.15) is 43.1 Å². The molecule has 0 radical (unpaired) electrons. The lowest BCUT2D eigenvalue weighted by Gasteiger charge is -2.16. The third-order valence-corrected chi connectivity index (χ3v) is 3.70. The average molecular weight is 292 g/mol. The Hall–Kier alpha value is -1.88. The third-order valence-electron chi connectivity index (χ3n) is 3.70. The number of likely N-dealkylation sites (N-methyl/N-ethyl adjacent to an activating group) is 1. The summed E-state index contributed by atoms with van der Waals surface area (Å²) in [7, 11) is 0. The van der Waals surface area contributed by atoms with Crippen LogP contribution < -0.4 is 16.0 Å². The van der Waals surface area contributed by atoms with E-state index in [-0.39, 0.29) is 11.8 Å². The first-order valence-electron chi connectivity index (χ1n) is 7.57. The highest BCUT2D eigenvalue weighted by atomic mass is 16.2. The van der Waals surface area contributed by atoms with Gasteiger partial charge in [-0.05, 0) is 37.6 Å². The molecule has 0 bridgehead atoms. The molecule has 0 aliphatic rings. The average Bonchev–Trinajstić information content (AvgIpc) is 2.48. The zero-order valence-electron chi connectivity index (χ0n) is 13.2. The predicted molar refractivity (Wildman–Crippen MR) is 84.2 cm³/mol. The van der Waals surface area contributed by atoms with Crippen LogP contribution in [0.5, 0.6) is 0 Å². The molecule has 0 aliphatic carbocycles. The number of benzene rings is 1. The van der Waals surface area contributed by atoms with Crippen LogP contribution in [0.15, 0.2) is 18.2 Å². The fourth-order valence-corrected chi connectivity index (χ4v) is 2.24. The lowest BCUT2D eigenvalue weighted by Crippen LogP contribution is -3.11. The summed E-state index contributed by atoms with van der Waals surface area (Å²) in [4.78, 5) is 25.0. The fraction of sp³-hybridized carbons (Fsp3) is 0.500. The first-order chi connectivity index (χ1) is 10.0. The molecule has 2 amide bonds. The minimum Gasteiger partial charge on any atom is -0.399 e. The largest absolute Gasteiger partial charge is 0.399 e. The number of carbonyl (C=O) groups excluding carboxylic acids is 2. The predicted octanol–water partition coefficient (Wildman–Crippen LogP) is 0.402. The van der Waals surface area contributed by atoms with Crippen LogP contribution in [-0.4, -0.2) is 31.4 Å². The summed E-state index contributed by atoms with van der Waals surface area (Å²) < 4.78 is 0.